The molecule has 0 aromatic heterocycles. The van der Waals surface area contributed by atoms with Crippen molar-refractivity contribution in [2.24, 2.45) is 0 Å². The Hall–Kier alpha value is -3.33. The van der Waals surface area contributed by atoms with Crippen LogP contribution in [-0.4, -0.2) is 24.4 Å². The molecule has 1 aliphatic heterocycles. The second-order valence-corrected chi connectivity index (χ2v) is 7.26. The van der Waals surface area contributed by atoms with Crippen molar-refractivity contribution in [2.75, 3.05) is 16.8 Å². The molecule has 0 spiro atoms. The first-order valence-corrected chi connectivity index (χ1v) is 10.0. The Morgan fingerprint density at radius 2 is 1.81 bits per heavy atom. The molecule has 0 fully saturated rings. The van der Waals surface area contributed by atoms with Gasteiger partial charge in [-0.3, -0.25) is 9.59 Å². The minimum absolute atomic E-state index is 0.217. The van der Waals surface area contributed by atoms with Gasteiger partial charge in [-0.25, -0.2) is 9.69 Å². The van der Waals surface area contributed by atoms with Crippen LogP contribution in [0.3, 0.4) is 0 Å². The lowest BCUT2D eigenvalue weighted by Crippen LogP contribution is -2.32. The molecular weight excluding hydrogens is 449 g/mol. The number of amides is 2. The zero-order valence-electron chi connectivity index (χ0n) is 16.8. The number of anilines is 2. The second kappa shape index (κ2) is 9.44. The summed E-state index contributed by atoms with van der Waals surface area (Å²) >= 11 is 6.03. The van der Waals surface area contributed by atoms with Crippen molar-refractivity contribution in [1.82, 2.24) is 0 Å². The summed E-state index contributed by atoms with van der Waals surface area (Å²) in [6, 6.07) is 9.81. The molecule has 6 nitrogen and oxygen atoms in total. The fraction of sp³-hybridized carbons (Fsp3) is 0.227. The van der Waals surface area contributed by atoms with Gasteiger partial charge in [0.1, 0.15) is 10.7 Å². The maximum Gasteiger partial charge on any atom is 0.416 e. The van der Waals surface area contributed by atoms with E-state index in [1.807, 2.05) is 6.92 Å². The maximum atomic E-state index is 13.0. The van der Waals surface area contributed by atoms with E-state index in [1.54, 1.807) is 6.07 Å². The minimum atomic E-state index is -4.65. The highest BCUT2D eigenvalue weighted by atomic mass is 35.5. The third-order valence-corrected chi connectivity index (χ3v) is 4.91. The number of carbonyl (C=O) groups is 3. The molecule has 3 rings (SSSR count). The van der Waals surface area contributed by atoms with E-state index in [4.69, 9.17) is 16.3 Å². The van der Waals surface area contributed by atoms with Crippen LogP contribution in [-0.2, 0) is 20.5 Å². The Balaban J connectivity index is 1.82. The predicted octanol–water partition coefficient (Wildman–Crippen LogP) is 5.10. The first-order chi connectivity index (χ1) is 15.1. The van der Waals surface area contributed by atoms with E-state index in [0.717, 1.165) is 18.6 Å². The Kier molecular flexibility index (Phi) is 6.88. The highest BCUT2D eigenvalue weighted by Gasteiger charge is 2.40. The molecule has 0 bridgehead atoms. The smallest absolute Gasteiger partial charge is 0.416 e. The van der Waals surface area contributed by atoms with Crippen LogP contribution in [0.1, 0.15) is 35.7 Å². The molecule has 168 valence electrons. The number of ether oxygens (including phenoxy) is 1. The number of carbonyl (C=O) groups excluding carboxylic acids is 3. The monoisotopic (exact) mass is 466 g/mol. The summed E-state index contributed by atoms with van der Waals surface area (Å²) in [6.07, 6.45) is -3.07. The molecule has 2 aromatic rings. The summed E-state index contributed by atoms with van der Waals surface area (Å²) in [5.74, 6) is -2.44. The van der Waals surface area contributed by atoms with Gasteiger partial charge in [0.05, 0.1) is 23.4 Å². The summed E-state index contributed by atoms with van der Waals surface area (Å²) in [4.78, 5) is 38.0. The predicted molar refractivity (Wildman–Crippen MR) is 112 cm³/mol. The van der Waals surface area contributed by atoms with Crippen LogP contribution in [0.5, 0.6) is 0 Å². The third kappa shape index (κ3) is 4.94. The summed E-state index contributed by atoms with van der Waals surface area (Å²) in [7, 11) is 0. The third-order valence-electron chi connectivity index (χ3n) is 4.56. The Labute approximate surface area is 186 Å². The molecule has 0 atom stereocenters. The van der Waals surface area contributed by atoms with Gasteiger partial charge in [-0.15, -0.1) is 0 Å². The molecule has 32 heavy (non-hydrogen) atoms. The summed E-state index contributed by atoms with van der Waals surface area (Å²) in [5.41, 5.74) is -1.10. The number of unbranched alkanes of at least 4 members (excludes halogenated alkanes) is 1. The number of hydrogen-bond acceptors (Lipinski definition) is 5. The zero-order valence-corrected chi connectivity index (χ0v) is 17.6. The van der Waals surface area contributed by atoms with Crippen molar-refractivity contribution in [3.05, 3.63) is 70.4 Å². The van der Waals surface area contributed by atoms with Crippen molar-refractivity contribution < 1.29 is 32.3 Å². The fourth-order valence-electron chi connectivity index (χ4n) is 2.93. The van der Waals surface area contributed by atoms with Crippen LogP contribution in [0.2, 0.25) is 0 Å². The van der Waals surface area contributed by atoms with Gasteiger partial charge in [0, 0.05) is 5.69 Å². The molecule has 10 heteroatoms. The second-order valence-electron chi connectivity index (χ2n) is 6.88. The number of rotatable bonds is 7. The Morgan fingerprint density at radius 1 is 1.09 bits per heavy atom. The summed E-state index contributed by atoms with van der Waals surface area (Å²) in [6.45, 7) is 2.22. The molecule has 2 amide bonds. The van der Waals surface area contributed by atoms with Crippen LogP contribution in [0.25, 0.3) is 0 Å². The number of hydrogen-bond donors (Lipinski definition) is 1. The lowest BCUT2D eigenvalue weighted by atomic mass is 10.2. The fourth-order valence-corrected chi connectivity index (χ4v) is 3.14. The standard InChI is InChI=1S/C22H18ClF3N2O4/c1-2-3-10-32-21(31)13-6-4-8-15(11-13)27-18-17(23)19(29)28(20(18)30)16-9-5-7-14(12-16)22(24,25)26/h4-9,11-12,27H,2-3,10H2,1H3. The summed E-state index contributed by atoms with van der Waals surface area (Å²) in [5, 5.41) is 2.20. The van der Waals surface area contributed by atoms with Crippen LogP contribution >= 0.6 is 11.6 Å². The van der Waals surface area contributed by atoms with Crippen molar-refractivity contribution in [3.8, 4) is 0 Å². The van der Waals surface area contributed by atoms with E-state index >= 15 is 0 Å². The minimum Gasteiger partial charge on any atom is -0.462 e. The van der Waals surface area contributed by atoms with Gasteiger partial charge in [-0.2, -0.15) is 13.2 Å². The quantitative estimate of drug-likeness (QED) is 0.349. The number of nitrogens with zero attached hydrogens (tertiary/aromatic N) is 1. The van der Waals surface area contributed by atoms with Gasteiger partial charge in [0.2, 0.25) is 0 Å². The average molecular weight is 467 g/mol. The van der Waals surface area contributed by atoms with E-state index in [1.165, 1.54) is 24.3 Å². The topological polar surface area (TPSA) is 75.7 Å². The van der Waals surface area contributed by atoms with Gasteiger partial charge >= 0.3 is 12.1 Å². The Morgan fingerprint density at radius 3 is 2.50 bits per heavy atom. The van der Waals surface area contributed by atoms with Crippen molar-refractivity contribution in [2.45, 2.75) is 25.9 Å². The molecule has 0 saturated carbocycles. The highest BCUT2D eigenvalue weighted by molar-refractivity contribution is 6.53. The van der Waals surface area contributed by atoms with Crippen molar-refractivity contribution in [3.63, 3.8) is 0 Å². The number of nitrogens with one attached hydrogen (secondary N) is 1. The highest BCUT2D eigenvalue weighted by Crippen LogP contribution is 2.35. The van der Waals surface area contributed by atoms with E-state index < -0.39 is 34.6 Å². The molecule has 2 aromatic carbocycles. The van der Waals surface area contributed by atoms with E-state index in [-0.39, 0.29) is 29.2 Å². The van der Waals surface area contributed by atoms with Crippen LogP contribution in [0.4, 0.5) is 24.5 Å². The first kappa shape index (κ1) is 23.3. The summed E-state index contributed by atoms with van der Waals surface area (Å²) < 4.78 is 44.2. The first-order valence-electron chi connectivity index (χ1n) is 9.63. The van der Waals surface area contributed by atoms with Crippen LogP contribution < -0.4 is 10.2 Å². The number of imide groups is 1. The number of halogens is 4. The average Bonchev–Trinajstić information content (AvgIpc) is 2.96. The maximum absolute atomic E-state index is 13.0. The van der Waals surface area contributed by atoms with Gasteiger partial charge in [0.15, 0.2) is 0 Å². The molecule has 0 saturated heterocycles. The molecule has 1 N–H and O–H groups in total. The van der Waals surface area contributed by atoms with Crippen LogP contribution in [0.15, 0.2) is 59.3 Å². The van der Waals surface area contributed by atoms with Crippen molar-refractivity contribution >= 4 is 40.8 Å². The number of esters is 1. The van der Waals surface area contributed by atoms with Gasteiger partial charge < -0.3 is 10.1 Å². The van der Waals surface area contributed by atoms with E-state index in [9.17, 15) is 27.6 Å². The molecule has 0 radical (unpaired) electrons. The van der Waals surface area contributed by atoms with Crippen molar-refractivity contribution in [1.29, 1.82) is 0 Å². The normalized spacial score (nSPS) is 14.2. The van der Waals surface area contributed by atoms with E-state index in [2.05, 4.69) is 5.32 Å². The zero-order chi connectivity index (χ0) is 23.5. The number of benzene rings is 2. The number of alkyl halides is 3. The molecule has 1 heterocycles. The SMILES string of the molecule is CCCCOC(=O)c1cccc(NC2=C(Cl)C(=O)N(c3cccc(C(F)(F)F)c3)C2=O)c1. The van der Waals surface area contributed by atoms with Crippen LogP contribution in [0, 0.1) is 0 Å². The molecular formula is C22H18ClF3N2O4. The van der Waals surface area contributed by atoms with Gasteiger partial charge in [0.25, 0.3) is 11.8 Å². The van der Waals surface area contributed by atoms with Gasteiger partial charge in [-0.1, -0.05) is 37.1 Å². The largest absolute Gasteiger partial charge is 0.462 e. The van der Waals surface area contributed by atoms with E-state index in [0.29, 0.717) is 17.4 Å². The molecule has 1 aliphatic rings. The Bertz CT molecular complexity index is 1100. The lowest BCUT2D eigenvalue weighted by Gasteiger charge is -2.17. The van der Waals surface area contributed by atoms with Gasteiger partial charge in [-0.05, 0) is 42.8 Å². The molecule has 0 unspecified atom stereocenters. The lowest BCUT2D eigenvalue weighted by molar-refractivity contribution is -0.137. The molecule has 0 aliphatic carbocycles.